The Hall–Kier alpha value is -1.89. The van der Waals surface area contributed by atoms with E-state index in [9.17, 15) is 8.78 Å². The zero-order valence-electron chi connectivity index (χ0n) is 8.31. The topological polar surface area (TPSA) is 83.9 Å². The van der Waals surface area contributed by atoms with Crippen LogP contribution in [0.15, 0.2) is 16.5 Å². The van der Waals surface area contributed by atoms with Crippen molar-refractivity contribution in [3.63, 3.8) is 0 Å². The predicted molar refractivity (Wildman–Crippen MR) is 56.1 cm³/mol. The summed E-state index contributed by atoms with van der Waals surface area (Å²) in [4.78, 5) is 0. The van der Waals surface area contributed by atoms with Gasteiger partial charge in [-0.25, -0.2) is 13.2 Å². The van der Waals surface area contributed by atoms with Gasteiger partial charge >= 0.3 is 0 Å². The van der Waals surface area contributed by atoms with E-state index in [2.05, 4.69) is 17.2 Å². The summed E-state index contributed by atoms with van der Waals surface area (Å²) in [7, 11) is 0. The van der Waals surface area contributed by atoms with Gasteiger partial charge in [0, 0.05) is 22.6 Å². The molecule has 3 N–H and O–H groups in total. The van der Waals surface area contributed by atoms with E-state index in [4.69, 9.17) is 16.2 Å². The number of nitrogens with one attached hydrogen (secondary N) is 3. The fourth-order valence-corrected chi connectivity index (χ4v) is 1.76. The Morgan fingerprint density at radius 2 is 1.47 bits per heavy atom. The first kappa shape index (κ1) is 11.6. The smallest absolute Gasteiger partial charge is 0.135 e. The molecule has 0 amide bonds. The number of halogens is 2. The maximum Gasteiger partial charge on any atom is 0.135 e. The molecule has 86 valence electrons. The summed E-state index contributed by atoms with van der Waals surface area (Å²) in [5, 5.41) is 20.4. The van der Waals surface area contributed by atoms with Crippen molar-refractivity contribution in [3.8, 4) is 0 Å². The molecular formula is C10H6F2N4S. The molecule has 0 aromatic carbocycles. The predicted octanol–water partition coefficient (Wildman–Crippen LogP) is -0.251. The molecule has 7 heteroatoms. The molecule has 2 aliphatic rings. The van der Waals surface area contributed by atoms with E-state index in [1.165, 1.54) is 0 Å². The van der Waals surface area contributed by atoms with Crippen molar-refractivity contribution in [1.29, 1.82) is 16.2 Å². The monoisotopic (exact) mass is 252 g/mol. The second-order valence-corrected chi connectivity index (χ2v) is 3.58. The van der Waals surface area contributed by atoms with Gasteiger partial charge in [-0.05, 0) is 12.8 Å². The highest BCUT2D eigenvalue weighted by Gasteiger charge is 2.08. The molecule has 0 radical (unpaired) electrons. The minimum atomic E-state index is -0.913. The highest BCUT2D eigenvalue weighted by atomic mass is 32.1. The molecule has 0 bridgehead atoms. The Kier molecular flexibility index (Phi) is 2.62. The molecule has 0 spiro atoms. The lowest BCUT2D eigenvalue weighted by atomic mass is 10.1. The summed E-state index contributed by atoms with van der Waals surface area (Å²) >= 11 is 3.57. The second kappa shape index (κ2) is 3.85. The van der Waals surface area contributed by atoms with E-state index in [-0.39, 0.29) is 21.2 Å². The van der Waals surface area contributed by atoms with E-state index in [0.717, 1.165) is 12.1 Å². The molecule has 4 nitrogen and oxygen atoms in total. The third-order valence-corrected chi connectivity index (χ3v) is 2.61. The average molecular weight is 252 g/mol. The van der Waals surface area contributed by atoms with E-state index in [0.29, 0.717) is 0 Å². The van der Waals surface area contributed by atoms with Gasteiger partial charge in [0.05, 0.1) is 21.4 Å². The summed E-state index contributed by atoms with van der Waals surface area (Å²) in [6.07, 6.45) is 0. The molecule has 17 heavy (non-hydrogen) atoms. The summed E-state index contributed by atoms with van der Waals surface area (Å²) in [5.74, 6) is -1.80. The fraction of sp³-hybridized carbons (Fsp3) is 0. The van der Waals surface area contributed by atoms with E-state index < -0.39 is 22.3 Å². The van der Waals surface area contributed by atoms with E-state index in [1.54, 1.807) is 0 Å². The zero-order valence-corrected chi connectivity index (χ0v) is 9.20. The van der Waals surface area contributed by atoms with Gasteiger partial charge in [-0.2, -0.15) is 0 Å². The minimum Gasteiger partial charge on any atom is -0.299 e. The largest absolute Gasteiger partial charge is 0.299 e. The molecule has 0 aromatic rings. The van der Waals surface area contributed by atoms with Crippen LogP contribution in [0.5, 0.6) is 0 Å². The normalized spacial score (nSPS) is 12.3. The quantitative estimate of drug-likeness (QED) is 0.466. The summed E-state index contributed by atoms with van der Waals surface area (Å²) in [6, 6.07) is 1.68. The van der Waals surface area contributed by atoms with Gasteiger partial charge in [0.25, 0.3) is 0 Å². The first-order valence-corrected chi connectivity index (χ1v) is 4.86. The molecule has 0 atom stereocenters. The van der Waals surface area contributed by atoms with Crippen LogP contribution in [0.25, 0.3) is 0 Å². The van der Waals surface area contributed by atoms with Gasteiger partial charge in [0.2, 0.25) is 0 Å². The SMILES string of the molecule is N=c1cc(F)c2c(=N)c(=NS)cc(F)c=2c1=N. The van der Waals surface area contributed by atoms with Crippen LogP contribution in [-0.4, -0.2) is 0 Å². The lowest BCUT2D eigenvalue weighted by Gasteiger charge is -1.98. The summed E-state index contributed by atoms with van der Waals surface area (Å²) in [6.45, 7) is 0. The van der Waals surface area contributed by atoms with Crippen molar-refractivity contribution in [2.75, 3.05) is 0 Å². The first-order chi connectivity index (χ1) is 7.97. The van der Waals surface area contributed by atoms with Crippen LogP contribution < -0.4 is 21.4 Å². The van der Waals surface area contributed by atoms with Gasteiger partial charge in [-0.15, -0.1) is 0 Å². The Labute approximate surface area is 98.4 Å². The number of hydrogen-bond donors (Lipinski definition) is 4. The zero-order chi connectivity index (χ0) is 12.7. The number of hydrogen-bond acceptors (Lipinski definition) is 5. The van der Waals surface area contributed by atoms with Crippen LogP contribution in [0, 0.1) is 38.3 Å². The van der Waals surface area contributed by atoms with Crippen LogP contribution in [-0.2, 0) is 0 Å². The van der Waals surface area contributed by atoms with Crippen LogP contribution >= 0.6 is 12.8 Å². The fourth-order valence-electron chi connectivity index (χ4n) is 1.60. The number of thiol groups is 1. The van der Waals surface area contributed by atoms with Gasteiger partial charge < -0.3 is 0 Å². The lowest BCUT2D eigenvalue weighted by Crippen LogP contribution is -2.34. The molecular weight excluding hydrogens is 246 g/mol. The van der Waals surface area contributed by atoms with Crippen LogP contribution in [0.2, 0.25) is 0 Å². The molecule has 0 heterocycles. The third kappa shape index (κ3) is 1.59. The standard InChI is InChI=1S/C10H6F2N4S/c11-3-1-5(13)9(14)7-4(12)2-6(16-17)10(15)8(3)7/h1-2,13-15,17H. The maximum atomic E-state index is 13.7. The molecule has 0 aromatic heterocycles. The third-order valence-electron chi connectivity index (χ3n) is 2.40. The van der Waals surface area contributed by atoms with Gasteiger partial charge in [0.15, 0.2) is 0 Å². The van der Waals surface area contributed by atoms with Crippen molar-refractivity contribution in [1.82, 2.24) is 0 Å². The van der Waals surface area contributed by atoms with Crippen molar-refractivity contribution < 1.29 is 8.78 Å². The molecule has 2 rings (SSSR count). The Morgan fingerprint density at radius 3 is 2.06 bits per heavy atom. The van der Waals surface area contributed by atoms with Crippen molar-refractivity contribution in [2.24, 2.45) is 4.40 Å². The maximum absolute atomic E-state index is 13.7. The Balaban J connectivity index is 3.47. The molecule has 0 saturated carbocycles. The highest BCUT2D eigenvalue weighted by Crippen LogP contribution is 1.97. The average Bonchev–Trinajstić information content (AvgIpc) is 2.28. The minimum absolute atomic E-state index is 0.116. The molecule has 0 saturated heterocycles. The molecule has 2 aliphatic carbocycles. The first-order valence-electron chi connectivity index (χ1n) is 4.46. The number of rotatable bonds is 0. The Bertz CT molecular complexity index is 881. The summed E-state index contributed by atoms with van der Waals surface area (Å²) < 4.78 is 30.7. The van der Waals surface area contributed by atoms with Crippen LogP contribution in [0.3, 0.4) is 0 Å². The van der Waals surface area contributed by atoms with Crippen molar-refractivity contribution >= 4 is 12.8 Å². The van der Waals surface area contributed by atoms with Crippen molar-refractivity contribution in [3.05, 3.63) is 55.6 Å². The number of nitrogens with zero attached hydrogens (tertiary/aromatic N) is 1. The lowest BCUT2D eigenvalue weighted by molar-refractivity contribution is 0.587. The highest BCUT2D eigenvalue weighted by molar-refractivity contribution is 7.78. The van der Waals surface area contributed by atoms with Gasteiger partial charge in [-0.3, -0.25) is 16.2 Å². The molecule has 0 unspecified atom stereocenters. The van der Waals surface area contributed by atoms with Crippen LogP contribution in [0.1, 0.15) is 0 Å². The second-order valence-electron chi connectivity index (χ2n) is 3.38. The van der Waals surface area contributed by atoms with E-state index >= 15 is 0 Å². The molecule has 0 fully saturated rings. The van der Waals surface area contributed by atoms with Gasteiger partial charge in [-0.1, -0.05) is 0 Å². The Morgan fingerprint density at radius 1 is 0.941 bits per heavy atom. The summed E-state index contributed by atoms with van der Waals surface area (Å²) in [5.41, 5.74) is 0. The van der Waals surface area contributed by atoms with Crippen molar-refractivity contribution in [2.45, 2.75) is 0 Å². The molecule has 0 aliphatic heterocycles. The van der Waals surface area contributed by atoms with Gasteiger partial charge in [0.1, 0.15) is 11.6 Å². The van der Waals surface area contributed by atoms with Crippen LogP contribution in [0.4, 0.5) is 8.78 Å². The van der Waals surface area contributed by atoms with E-state index in [1.807, 2.05) is 0 Å².